The van der Waals surface area contributed by atoms with E-state index in [1.807, 2.05) is 29.9 Å². The normalized spacial score (nSPS) is 17.6. The molecule has 4 rings (SSSR count). The molecule has 1 aliphatic heterocycles. The molecule has 0 amide bonds. The Labute approximate surface area is 133 Å². The third-order valence-electron chi connectivity index (χ3n) is 4.47. The molecule has 118 valence electrons. The minimum atomic E-state index is -0.870. The molecular formula is C16H18N6O. The lowest BCUT2D eigenvalue weighted by Crippen LogP contribution is -2.44. The zero-order chi connectivity index (χ0) is 15.9. The van der Waals surface area contributed by atoms with Crippen LogP contribution in [-0.4, -0.2) is 42.7 Å². The second-order valence-corrected chi connectivity index (χ2v) is 5.95. The van der Waals surface area contributed by atoms with Crippen molar-refractivity contribution in [2.45, 2.75) is 18.4 Å². The highest BCUT2D eigenvalue weighted by Crippen LogP contribution is 2.33. The standard InChI is InChI=1S/C16H18N6O/c1-21-11-8-19-15(21)16(23)4-9-22(10-5-16)13-3-2-12-14(20-13)18-7-6-17-12/h2-3,6-8,11,23H,4-5,9-10H2,1H3. The zero-order valence-electron chi connectivity index (χ0n) is 12.9. The number of pyridine rings is 1. The van der Waals surface area contributed by atoms with Crippen LogP contribution in [0.5, 0.6) is 0 Å². The molecule has 1 fully saturated rings. The Morgan fingerprint density at radius 1 is 1.04 bits per heavy atom. The quantitative estimate of drug-likeness (QED) is 0.767. The van der Waals surface area contributed by atoms with E-state index >= 15 is 0 Å². The highest BCUT2D eigenvalue weighted by Gasteiger charge is 2.37. The predicted octanol–water partition coefficient (Wildman–Crippen LogP) is 1.25. The molecule has 0 bridgehead atoms. The van der Waals surface area contributed by atoms with Gasteiger partial charge in [0.05, 0.1) is 0 Å². The first-order chi connectivity index (χ1) is 11.2. The van der Waals surface area contributed by atoms with Crippen molar-refractivity contribution in [2.75, 3.05) is 18.0 Å². The van der Waals surface area contributed by atoms with E-state index in [-0.39, 0.29) is 0 Å². The van der Waals surface area contributed by atoms with Gasteiger partial charge < -0.3 is 14.6 Å². The van der Waals surface area contributed by atoms with Gasteiger partial charge in [0.2, 0.25) is 0 Å². The van der Waals surface area contributed by atoms with Crippen LogP contribution in [0, 0.1) is 0 Å². The minimum absolute atomic E-state index is 0.623. The number of imidazole rings is 1. The average Bonchev–Trinajstić information content (AvgIpc) is 3.02. The average molecular weight is 310 g/mol. The highest BCUT2D eigenvalue weighted by molar-refractivity contribution is 5.71. The smallest absolute Gasteiger partial charge is 0.180 e. The SMILES string of the molecule is Cn1ccnc1C1(O)CCN(c2ccc3nccnc3n2)CC1. The van der Waals surface area contributed by atoms with Crippen molar-refractivity contribution in [3.05, 3.63) is 42.7 Å². The number of aliphatic hydroxyl groups is 1. The molecule has 1 N–H and O–H groups in total. The molecule has 0 aromatic carbocycles. The molecular weight excluding hydrogens is 292 g/mol. The fraction of sp³-hybridized carbons (Fsp3) is 0.375. The Bertz CT molecular complexity index is 837. The summed E-state index contributed by atoms with van der Waals surface area (Å²) in [7, 11) is 1.91. The van der Waals surface area contributed by atoms with Crippen LogP contribution in [0.4, 0.5) is 5.82 Å². The number of nitrogens with zero attached hydrogens (tertiary/aromatic N) is 6. The molecule has 3 aromatic rings. The lowest BCUT2D eigenvalue weighted by atomic mass is 9.90. The van der Waals surface area contributed by atoms with Gasteiger partial charge >= 0.3 is 0 Å². The first kappa shape index (κ1) is 14.1. The molecule has 1 aliphatic rings. The van der Waals surface area contributed by atoms with Crippen LogP contribution in [0.1, 0.15) is 18.7 Å². The lowest BCUT2D eigenvalue weighted by Gasteiger charge is -2.38. The molecule has 7 nitrogen and oxygen atoms in total. The van der Waals surface area contributed by atoms with Crippen molar-refractivity contribution in [1.29, 1.82) is 0 Å². The third-order valence-corrected chi connectivity index (χ3v) is 4.47. The Morgan fingerprint density at radius 3 is 2.57 bits per heavy atom. The number of rotatable bonds is 2. The molecule has 4 heterocycles. The van der Waals surface area contributed by atoms with Crippen LogP contribution in [0.15, 0.2) is 36.9 Å². The molecule has 0 aliphatic carbocycles. The zero-order valence-corrected chi connectivity index (χ0v) is 12.9. The fourth-order valence-electron chi connectivity index (χ4n) is 3.16. The van der Waals surface area contributed by atoms with Gasteiger partial charge in [-0.15, -0.1) is 0 Å². The summed E-state index contributed by atoms with van der Waals surface area (Å²) in [5, 5.41) is 10.9. The molecule has 0 radical (unpaired) electrons. The number of fused-ring (bicyclic) bond motifs is 1. The van der Waals surface area contributed by atoms with E-state index in [2.05, 4.69) is 24.8 Å². The van der Waals surface area contributed by atoms with Gasteiger partial charge in [0, 0.05) is 57.8 Å². The van der Waals surface area contributed by atoms with Gasteiger partial charge in [0.25, 0.3) is 0 Å². The van der Waals surface area contributed by atoms with Crippen LogP contribution in [-0.2, 0) is 12.6 Å². The number of aryl methyl sites for hydroxylation is 1. The van der Waals surface area contributed by atoms with Crippen LogP contribution in [0.2, 0.25) is 0 Å². The second kappa shape index (κ2) is 5.27. The molecule has 0 saturated carbocycles. The summed E-state index contributed by atoms with van der Waals surface area (Å²) in [4.78, 5) is 19.6. The maximum Gasteiger partial charge on any atom is 0.180 e. The van der Waals surface area contributed by atoms with Gasteiger partial charge in [-0.25, -0.2) is 15.0 Å². The van der Waals surface area contributed by atoms with Gasteiger partial charge in [0.1, 0.15) is 22.8 Å². The Balaban J connectivity index is 1.55. The summed E-state index contributed by atoms with van der Waals surface area (Å²) >= 11 is 0. The third kappa shape index (κ3) is 2.43. The highest BCUT2D eigenvalue weighted by atomic mass is 16.3. The van der Waals surface area contributed by atoms with Gasteiger partial charge in [-0.3, -0.25) is 4.98 Å². The minimum Gasteiger partial charge on any atom is -0.382 e. The fourth-order valence-corrected chi connectivity index (χ4v) is 3.16. The van der Waals surface area contributed by atoms with E-state index in [0.29, 0.717) is 18.5 Å². The summed E-state index contributed by atoms with van der Waals surface area (Å²) in [5.74, 6) is 1.61. The van der Waals surface area contributed by atoms with E-state index in [1.165, 1.54) is 0 Å². The monoisotopic (exact) mass is 310 g/mol. The van der Waals surface area contributed by atoms with Crippen molar-refractivity contribution < 1.29 is 5.11 Å². The second-order valence-electron chi connectivity index (χ2n) is 5.95. The van der Waals surface area contributed by atoms with E-state index < -0.39 is 5.60 Å². The molecule has 3 aromatic heterocycles. The van der Waals surface area contributed by atoms with Crippen LogP contribution in [0.25, 0.3) is 11.2 Å². The maximum absolute atomic E-state index is 10.9. The summed E-state index contributed by atoms with van der Waals surface area (Å²) in [6.07, 6.45) is 8.15. The first-order valence-electron chi connectivity index (χ1n) is 7.69. The van der Waals surface area contributed by atoms with Crippen LogP contribution >= 0.6 is 0 Å². The molecule has 23 heavy (non-hydrogen) atoms. The van der Waals surface area contributed by atoms with Gasteiger partial charge in [-0.1, -0.05) is 0 Å². The summed E-state index contributed by atoms with van der Waals surface area (Å²) < 4.78 is 1.89. The van der Waals surface area contributed by atoms with Crippen molar-refractivity contribution in [2.24, 2.45) is 7.05 Å². The number of piperidine rings is 1. The number of aromatic nitrogens is 5. The predicted molar refractivity (Wildman–Crippen MR) is 85.9 cm³/mol. The van der Waals surface area contributed by atoms with Crippen LogP contribution < -0.4 is 4.90 Å². The molecule has 0 atom stereocenters. The molecule has 1 saturated heterocycles. The van der Waals surface area contributed by atoms with Gasteiger partial charge in [-0.2, -0.15) is 0 Å². The van der Waals surface area contributed by atoms with Gasteiger partial charge in [-0.05, 0) is 12.1 Å². The number of hydrogen-bond donors (Lipinski definition) is 1. The van der Waals surface area contributed by atoms with Crippen molar-refractivity contribution in [3.8, 4) is 0 Å². The molecule has 0 spiro atoms. The topological polar surface area (TPSA) is 80.0 Å². The summed E-state index contributed by atoms with van der Waals surface area (Å²) in [6.45, 7) is 1.45. The maximum atomic E-state index is 10.9. The van der Waals surface area contributed by atoms with Crippen molar-refractivity contribution in [1.82, 2.24) is 24.5 Å². The number of hydrogen-bond acceptors (Lipinski definition) is 6. The Hall–Kier alpha value is -2.54. The number of anilines is 1. The van der Waals surface area contributed by atoms with E-state index in [9.17, 15) is 5.11 Å². The Kier molecular flexibility index (Phi) is 3.23. The summed E-state index contributed by atoms with van der Waals surface area (Å²) in [5.41, 5.74) is 0.568. The van der Waals surface area contributed by atoms with Crippen molar-refractivity contribution in [3.63, 3.8) is 0 Å². The van der Waals surface area contributed by atoms with Crippen molar-refractivity contribution >= 4 is 17.0 Å². The summed E-state index contributed by atoms with van der Waals surface area (Å²) in [6, 6.07) is 3.90. The van der Waals surface area contributed by atoms with E-state index in [4.69, 9.17) is 0 Å². The largest absolute Gasteiger partial charge is 0.382 e. The first-order valence-corrected chi connectivity index (χ1v) is 7.69. The van der Waals surface area contributed by atoms with Gasteiger partial charge in [0.15, 0.2) is 5.65 Å². The van der Waals surface area contributed by atoms with Crippen LogP contribution in [0.3, 0.4) is 0 Å². The Morgan fingerprint density at radius 2 is 1.83 bits per heavy atom. The van der Waals surface area contributed by atoms with E-state index in [0.717, 1.165) is 30.2 Å². The van der Waals surface area contributed by atoms with E-state index in [1.54, 1.807) is 18.6 Å². The molecule has 7 heteroatoms. The molecule has 0 unspecified atom stereocenters. The lowest BCUT2D eigenvalue weighted by molar-refractivity contribution is 0.000680.